The standard InChI is InChI=1S/C10H16BrNOS/c1-8(3-2-4-13)12-6-10-5-9(11)7-14-10/h5,7-8,12-13H,2-4,6H2,1H3/t8-/m1/s1. The molecule has 80 valence electrons. The van der Waals surface area contributed by atoms with Crippen LogP contribution in [0.2, 0.25) is 0 Å². The van der Waals surface area contributed by atoms with Gasteiger partial charge in [-0.25, -0.2) is 0 Å². The Bertz CT molecular complexity index is 264. The quantitative estimate of drug-likeness (QED) is 0.838. The molecule has 0 amide bonds. The number of nitrogens with one attached hydrogen (secondary N) is 1. The van der Waals surface area contributed by atoms with E-state index in [1.165, 1.54) is 4.88 Å². The maximum atomic E-state index is 8.67. The van der Waals surface area contributed by atoms with Crippen molar-refractivity contribution < 1.29 is 5.11 Å². The zero-order valence-electron chi connectivity index (χ0n) is 8.29. The molecule has 0 unspecified atom stereocenters. The molecule has 2 N–H and O–H groups in total. The summed E-state index contributed by atoms with van der Waals surface area (Å²) in [5.41, 5.74) is 0. The Balaban J connectivity index is 2.20. The van der Waals surface area contributed by atoms with Crippen molar-refractivity contribution in [3.63, 3.8) is 0 Å². The lowest BCUT2D eigenvalue weighted by Crippen LogP contribution is -2.25. The summed E-state index contributed by atoms with van der Waals surface area (Å²) in [6.07, 6.45) is 1.91. The average Bonchev–Trinajstić information content (AvgIpc) is 2.58. The fourth-order valence-corrected chi connectivity index (χ4v) is 2.62. The van der Waals surface area contributed by atoms with Crippen LogP contribution in [0.5, 0.6) is 0 Å². The third kappa shape index (κ3) is 4.55. The van der Waals surface area contributed by atoms with Gasteiger partial charge in [0, 0.05) is 33.9 Å². The first kappa shape index (κ1) is 12.2. The SMILES string of the molecule is C[C@H](CCCO)NCc1cc(Br)cs1. The van der Waals surface area contributed by atoms with E-state index in [1.807, 2.05) is 0 Å². The van der Waals surface area contributed by atoms with E-state index in [1.54, 1.807) is 11.3 Å². The van der Waals surface area contributed by atoms with E-state index in [-0.39, 0.29) is 6.61 Å². The van der Waals surface area contributed by atoms with Crippen molar-refractivity contribution in [1.82, 2.24) is 5.32 Å². The lowest BCUT2D eigenvalue weighted by Gasteiger charge is -2.11. The van der Waals surface area contributed by atoms with Crippen LogP contribution in [0, 0.1) is 0 Å². The van der Waals surface area contributed by atoms with Crippen LogP contribution >= 0.6 is 27.3 Å². The maximum Gasteiger partial charge on any atom is 0.0431 e. The third-order valence-electron chi connectivity index (χ3n) is 2.04. The molecule has 0 aliphatic heterocycles. The predicted molar refractivity (Wildman–Crippen MR) is 64.6 cm³/mol. The summed E-state index contributed by atoms with van der Waals surface area (Å²) in [5.74, 6) is 0. The minimum absolute atomic E-state index is 0.288. The van der Waals surface area contributed by atoms with Crippen molar-refractivity contribution in [2.75, 3.05) is 6.61 Å². The predicted octanol–water partition coefficient (Wildman–Crippen LogP) is 2.76. The molecule has 1 atom stereocenters. The molecule has 0 radical (unpaired) electrons. The summed E-state index contributed by atoms with van der Waals surface area (Å²) in [6, 6.07) is 2.61. The highest BCUT2D eigenvalue weighted by atomic mass is 79.9. The van der Waals surface area contributed by atoms with Crippen molar-refractivity contribution in [3.05, 3.63) is 20.8 Å². The van der Waals surface area contributed by atoms with Gasteiger partial charge in [0.2, 0.25) is 0 Å². The van der Waals surface area contributed by atoms with Gasteiger partial charge >= 0.3 is 0 Å². The summed E-state index contributed by atoms with van der Waals surface area (Å²) in [4.78, 5) is 1.34. The number of thiophene rings is 1. The summed E-state index contributed by atoms with van der Waals surface area (Å²) in [6.45, 7) is 3.36. The molecule has 0 saturated carbocycles. The Kier molecular flexibility index (Phi) is 5.70. The second-order valence-corrected chi connectivity index (χ2v) is 5.29. The summed E-state index contributed by atoms with van der Waals surface area (Å²) >= 11 is 5.19. The van der Waals surface area contributed by atoms with E-state index in [0.29, 0.717) is 6.04 Å². The third-order valence-corrected chi connectivity index (χ3v) is 3.74. The normalized spacial score (nSPS) is 13.1. The lowest BCUT2D eigenvalue weighted by molar-refractivity contribution is 0.276. The molecule has 1 aromatic rings. The van der Waals surface area contributed by atoms with E-state index in [2.05, 4.69) is 39.6 Å². The van der Waals surface area contributed by atoms with Gasteiger partial charge in [-0.3, -0.25) is 0 Å². The smallest absolute Gasteiger partial charge is 0.0431 e. The molecule has 0 aliphatic carbocycles. The van der Waals surface area contributed by atoms with Crippen LogP contribution in [0.25, 0.3) is 0 Å². The second kappa shape index (κ2) is 6.56. The van der Waals surface area contributed by atoms with Crippen molar-refractivity contribution in [1.29, 1.82) is 0 Å². The van der Waals surface area contributed by atoms with Gasteiger partial charge in [0.15, 0.2) is 0 Å². The molecule has 4 heteroatoms. The van der Waals surface area contributed by atoms with Crippen LogP contribution in [0.1, 0.15) is 24.6 Å². The molecule has 0 aliphatic rings. The Morgan fingerprint density at radius 1 is 1.64 bits per heavy atom. The van der Waals surface area contributed by atoms with Gasteiger partial charge in [0.25, 0.3) is 0 Å². The number of halogens is 1. The van der Waals surface area contributed by atoms with Crippen LogP contribution < -0.4 is 5.32 Å². The van der Waals surface area contributed by atoms with Crippen molar-refractivity contribution in [3.8, 4) is 0 Å². The van der Waals surface area contributed by atoms with E-state index >= 15 is 0 Å². The van der Waals surface area contributed by atoms with Crippen molar-refractivity contribution >= 4 is 27.3 Å². The monoisotopic (exact) mass is 277 g/mol. The fourth-order valence-electron chi connectivity index (χ4n) is 1.22. The van der Waals surface area contributed by atoms with E-state index in [0.717, 1.165) is 23.9 Å². The van der Waals surface area contributed by atoms with Gasteiger partial charge in [-0.2, -0.15) is 0 Å². The zero-order chi connectivity index (χ0) is 10.4. The molecule has 1 rings (SSSR count). The first-order valence-corrected chi connectivity index (χ1v) is 6.47. The molecule has 14 heavy (non-hydrogen) atoms. The van der Waals surface area contributed by atoms with Gasteiger partial charge in [-0.05, 0) is 41.8 Å². The average molecular weight is 278 g/mol. The van der Waals surface area contributed by atoms with Gasteiger partial charge in [0.1, 0.15) is 0 Å². The fraction of sp³-hybridized carbons (Fsp3) is 0.600. The highest BCUT2D eigenvalue weighted by Crippen LogP contribution is 2.19. The lowest BCUT2D eigenvalue weighted by atomic mass is 10.2. The van der Waals surface area contributed by atoms with Crippen LogP contribution in [0.3, 0.4) is 0 Å². The first-order chi connectivity index (χ1) is 6.72. The van der Waals surface area contributed by atoms with Crippen LogP contribution in [-0.2, 0) is 6.54 Å². The second-order valence-electron chi connectivity index (χ2n) is 3.38. The van der Waals surface area contributed by atoms with Crippen molar-refractivity contribution in [2.24, 2.45) is 0 Å². The number of hydrogen-bond donors (Lipinski definition) is 2. The maximum absolute atomic E-state index is 8.67. The van der Waals surface area contributed by atoms with E-state index in [4.69, 9.17) is 5.11 Å². The highest BCUT2D eigenvalue weighted by molar-refractivity contribution is 9.10. The molecular weight excluding hydrogens is 262 g/mol. The largest absolute Gasteiger partial charge is 0.396 e. The number of hydrogen-bond acceptors (Lipinski definition) is 3. The summed E-state index contributed by atoms with van der Waals surface area (Å²) < 4.78 is 1.15. The topological polar surface area (TPSA) is 32.3 Å². The van der Waals surface area contributed by atoms with Gasteiger partial charge in [-0.1, -0.05) is 0 Å². The number of rotatable bonds is 6. The summed E-state index contributed by atoms with van der Waals surface area (Å²) in [5, 5.41) is 14.2. The minimum Gasteiger partial charge on any atom is -0.396 e. The first-order valence-electron chi connectivity index (χ1n) is 4.79. The molecule has 0 bridgehead atoms. The molecule has 0 spiro atoms. The Hall–Kier alpha value is 0.1000. The molecule has 0 fully saturated rings. The van der Waals surface area contributed by atoms with Gasteiger partial charge in [-0.15, -0.1) is 11.3 Å². The van der Waals surface area contributed by atoms with E-state index < -0.39 is 0 Å². The molecular formula is C10H16BrNOS. The number of aliphatic hydroxyl groups is 1. The van der Waals surface area contributed by atoms with Gasteiger partial charge in [0.05, 0.1) is 0 Å². The number of aliphatic hydroxyl groups excluding tert-OH is 1. The van der Waals surface area contributed by atoms with Crippen LogP contribution in [-0.4, -0.2) is 17.8 Å². The van der Waals surface area contributed by atoms with Crippen LogP contribution in [0.4, 0.5) is 0 Å². The summed E-state index contributed by atoms with van der Waals surface area (Å²) in [7, 11) is 0. The Morgan fingerprint density at radius 3 is 3.00 bits per heavy atom. The zero-order valence-corrected chi connectivity index (χ0v) is 10.7. The molecule has 0 saturated heterocycles. The Labute approximate surface area is 97.5 Å². The Morgan fingerprint density at radius 2 is 2.43 bits per heavy atom. The molecule has 0 aromatic carbocycles. The molecule has 1 aromatic heterocycles. The van der Waals surface area contributed by atoms with Crippen molar-refractivity contribution in [2.45, 2.75) is 32.4 Å². The minimum atomic E-state index is 0.288. The molecule has 1 heterocycles. The van der Waals surface area contributed by atoms with E-state index in [9.17, 15) is 0 Å². The van der Waals surface area contributed by atoms with Crippen LogP contribution in [0.15, 0.2) is 15.9 Å². The highest BCUT2D eigenvalue weighted by Gasteiger charge is 2.02. The van der Waals surface area contributed by atoms with Gasteiger partial charge < -0.3 is 10.4 Å². The molecule has 2 nitrogen and oxygen atoms in total.